The van der Waals surface area contributed by atoms with E-state index >= 15 is 0 Å². The molecule has 0 spiro atoms. The number of esters is 1. The summed E-state index contributed by atoms with van der Waals surface area (Å²) in [7, 11) is 0. The number of hydrogen-bond acceptors (Lipinski definition) is 2. The Bertz CT molecular complexity index is 353. The predicted molar refractivity (Wildman–Crippen MR) is 133 cm³/mol. The van der Waals surface area contributed by atoms with Gasteiger partial charge in [0.25, 0.3) is 0 Å². The van der Waals surface area contributed by atoms with Crippen molar-refractivity contribution in [2.45, 2.75) is 156 Å². The van der Waals surface area contributed by atoms with Crippen LogP contribution in [0.1, 0.15) is 156 Å². The number of carbonyl (C=O) groups excluding carboxylic acids is 1. The molecule has 2 atom stereocenters. The second kappa shape index (κ2) is 23.1. The van der Waals surface area contributed by atoms with Gasteiger partial charge < -0.3 is 4.74 Å². The molecule has 2 heteroatoms. The van der Waals surface area contributed by atoms with Crippen LogP contribution < -0.4 is 0 Å². The molecule has 0 aliphatic heterocycles. The summed E-state index contributed by atoms with van der Waals surface area (Å²) in [6, 6.07) is 0. The molecule has 0 saturated heterocycles. The zero-order valence-corrected chi connectivity index (χ0v) is 21.3. The molecule has 0 bridgehead atoms. The molecule has 0 rings (SSSR count). The van der Waals surface area contributed by atoms with Gasteiger partial charge in [-0.1, -0.05) is 137 Å². The second-order valence-electron chi connectivity index (χ2n) is 9.71. The lowest BCUT2D eigenvalue weighted by Crippen LogP contribution is -2.19. The molecule has 0 saturated carbocycles. The summed E-state index contributed by atoms with van der Waals surface area (Å²) in [5.74, 6) is 0.664. The zero-order valence-electron chi connectivity index (χ0n) is 21.3. The molecule has 30 heavy (non-hydrogen) atoms. The maximum atomic E-state index is 12.3. The lowest BCUT2D eigenvalue weighted by atomic mass is 9.95. The Morgan fingerprint density at radius 2 is 0.967 bits per heavy atom. The monoisotopic (exact) mass is 424 g/mol. The van der Waals surface area contributed by atoms with E-state index < -0.39 is 0 Å². The Labute approximate surface area is 190 Å². The van der Waals surface area contributed by atoms with Crippen LogP contribution in [0.3, 0.4) is 0 Å². The normalized spacial score (nSPS) is 13.3. The van der Waals surface area contributed by atoms with Gasteiger partial charge in [-0.2, -0.15) is 0 Å². The lowest BCUT2D eigenvalue weighted by molar-refractivity contribution is -0.149. The predicted octanol–water partition coefficient (Wildman–Crippen LogP) is 9.64. The third kappa shape index (κ3) is 19.4. The van der Waals surface area contributed by atoms with Crippen molar-refractivity contribution in [3.05, 3.63) is 0 Å². The van der Waals surface area contributed by atoms with E-state index in [0.29, 0.717) is 12.5 Å². The van der Waals surface area contributed by atoms with E-state index in [0.717, 1.165) is 12.8 Å². The van der Waals surface area contributed by atoms with Gasteiger partial charge in [-0.05, 0) is 25.2 Å². The van der Waals surface area contributed by atoms with Crippen LogP contribution in [0.15, 0.2) is 0 Å². The third-order valence-corrected chi connectivity index (χ3v) is 6.54. The minimum absolute atomic E-state index is 0.0299. The van der Waals surface area contributed by atoms with Gasteiger partial charge in [0.05, 0.1) is 12.5 Å². The van der Waals surface area contributed by atoms with Gasteiger partial charge in [-0.25, -0.2) is 0 Å². The van der Waals surface area contributed by atoms with Crippen LogP contribution in [-0.2, 0) is 9.53 Å². The standard InChI is InChI=1S/C28H56O2/c1-5-8-11-12-13-14-15-16-17-18-19-21-24-27(23-10-7-3)25-30-28(29)26(4)22-20-9-6-2/h26-27H,5-25H2,1-4H3. The molecule has 0 aromatic heterocycles. The highest BCUT2D eigenvalue weighted by atomic mass is 16.5. The Morgan fingerprint density at radius 1 is 0.567 bits per heavy atom. The maximum Gasteiger partial charge on any atom is 0.308 e. The van der Waals surface area contributed by atoms with E-state index in [-0.39, 0.29) is 11.9 Å². The van der Waals surface area contributed by atoms with Crippen molar-refractivity contribution >= 4 is 5.97 Å². The minimum atomic E-state index is 0.0299. The van der Waals surface area contributed by atoms with Gasteiger partial charge in [-0.15, -0.1) is 0 Å². The zero-order chi connectivity index (χ0) is 22.3. The third-order valence-electron chi connectivity index (χ3n) is 6.54. The highest BCUT2D eigenvalue weighted by Gasteiger charge is 2.17. The Balaban J connectivity index is 3.77. The fourth-order valence-electron chi connectivity index (χ4n) is 4.24. The van der Waals surface area contributed by atoms with Crippen LogP contribution in [0.2, 0.25) is 0 Å². The van der Waals surface area contributed by atoms with Crippen LogP contribution >= 0.6 is 0 Å². The second-order valence-corrected chi connectivity index (χ2v) is 9.71. The van der Waals surface area contributed by atoms with Gasteiger partial charge in [0.2, 0.25) is 0 Å². The molecule has 0 amide bonds. The molecule has 0 aliphatic rings. The van der Waals surface area contributed by atoms with Gasteiger partial charge in [0.1, 0.15) is 0 Å². The van der Waals surface area contributed by atoms with Crippen LogP contribution in [0, 0.1) is 11.8 Å². The summed E-state index contributed by atoms with van der Waals surface area (Å²) in [6.07, 6.45) is 26.3. The quantitative estimate of drug-likeness (QED) is 0.120. The summed E-state index contributed by atoms with van der Waals surface area (Å²) in [4.78, 5) is 12.3. The number of rotatable bonds is 23. The van der Waals surface area contributed by atoms with Crippen LogP contribution in [0.4, 0.5) is 0 Å². The maximum absolute atomic E-state index is 12.3. The number of ether oxygens (including phenoxy) is 1. The van der Waals surface area contributed by atoms with E-state index in [9.17, 15) is 4.79 Å². The van der Waals surface area contributed by atoms with Crippen LogP contribution in [-0.4, -0.2) is 12.6 Å². The molecule has 2 nitrogen and oxygen atoms in total. The summed E-state index contributed by atoms with van der Waals surface area (Å²) in [5, 5.41) is 0. The highest BCUT2D eigenvalue weighted by molar-refractivity contribution is 5.71. The number of hydrogen-bond donors (Lipinski definition) is 0. The highest BCUT2D eigenvalue weighted by Crippen LogP contribution is 2.20. The molecule has 180 valence electrons. The molecule has 0 radical (unpaired) electrons. The topological polar surface area (TPSA) is 26.3 Å². The molecule has 0 aliphatic carbocycles. The largest absolute Gasteiger partial charge is 0.465 e. The van der Waals surface area contributed by atoms with Crippen molar-refractivity contribution in [2.24, 2.45) is 11.8 Å². The van der Waals surface area contributed by atoms with Crippen molar-refractivity contribution < 1.29 is 9.53 Å². The molecular weight excluding hydrogens is 368 g/mol. The molecule has 0 fully saturated rings. The smallest absolute Gasteiger partial charge is 0.308 e. The molecular formula is C28H56O2. The van der Waals surface area contributed by atoms with E-state index in [1.54, 1.807) is 0 Å². The number of carbonyl (C=O) groups is 1. The fourth-order valence-corrected chi connectivity index (χ4v) is 4.24. The van der Waals surface area contributed by atoms with Crippen molar-refractivity contribution in [2.75, 3.05) is 6.61 Å². The van der Waals surface area contributed by atoms with E-state index in [4.69, 9.17) is 4.74 Å². The lowest BCUT2D eigenvalue weighted by Gasteiger charge is -2.18. The molecule has 0 aromatic rings. The fraction of sp³-hybridized carbons (Fsp3) is 0.964. The van der Waals surface area contributed by atoms with Crippen molar-refractivity contribution in [3.63, 3.8) is 0 Å². The van der Waals surface area contributed by atoms with Gasteiger partial charge in [0, 0.05) is 0 Å². The molecule has 2 unspecified atom stereocenters. The Morgan fingerprint density at radius 3 is 1.50 bits per heavy atom. The SMILES string of the molecule is CCCCCCCCCCCCCCC(CCCC)COC(=O)C(C)CCCCC. The molecule has 0 aromatic carbocycles. The first-order valence-corrected chi connectivity index (χ1v) is 13.8. The summed E-state index contributed by atoms with van der Waals surface area (Å²) < 4.78 is 5.71. The Hall–Kier alpha value is -0.530. The Kier molecular flexibility index (Phi) is 22.7. The summed E-state index contributed by atoms with van der Waals surface area (Å²) in [5.41, 5.74) is 0. The van der Waals surface area contributed by atoms with Crippen molar-refractivity contribution in [1.29, 1.82) is 0 Å². The molecule has 0 heterocycles. The van der Waals surface area contributed by atoms with E-state index in [1.807, 2.05) is 6.92 Å². The summed E-state index contributed by atoms with van der Waals surface area (Å²) >= 11 is 0. The van der Waals surface area contributed by atoms with E-state index in [1.165, 1.54) is 116 Å². The van der Waals surface area contributed by atoms with Gasteiger partial charge in [-0.3, -0.25) is 4.79 Å². The first kappa shape index (κ1) is 29.5. The van der Waals surface area contributed by atoms with Crippen LogP contribution in [0.5, 0.6) is 0 Å². The summed E-state index contributed by atoms with van der Waals surface area (Å²) in [6.45, 7) is 9.42. The van der Waals surface area contributed by atoms with Crippen molar-refractivity contribution in [3.8, 4) is 0 Å². The first-order chi connectivity index (χ1) is 14.7. The van der Waals surface area contributed by atoms with Crippen LogP contribution in [0.25, 0.3) is 0 Å². The van der Waals surface area contributed by atoms with E-state index in [2.05, 4.69) is 20.8 Å². The average Bonchev–Trinajstić information content (AvgIpc) is 2.75. The molecule has 0 N–H and O–H groups in total. The van der Waals surface area contributed by atoms with Gasteiger partial charge in [0.15, 0.2) is 0 Å². The van der Waals surface area contributed by atoms with Gasteiger partial charge >= 0.3 is 5.97 Å². The number of unbranched alkanes of at least 4 members (excludes halogenated alkanes) is 14. The van der Waals surface area contributed by atoms with Crippen molar-refractivity contribution in [1.82, 2.24) is 0 Å². The first-order valence-electron chi connectivity index (χ1n) is 13.8. The average molecular weight is 425 g/mol. The minimum Gasteiger partial charge on any atom is -0.465 e.